The van der Waals surface area contributed by atoms with Gasteiger partial charge in [0, 0.05) is 23.5 Å². The summed E-state index contributed by atoms with van der Waals surface area (Å²) in [4.78, 5) is 11.4. The molecule has 17 heavy (non-hydrogen) atoms. The van der Waals surface area contributed by atoms with Gasteiger partial charge in [-0.25, -0.2) is 9.97 Å². The Balaban J connectivity index is 1.76. The van der Waals surface area contributed by atoms with E-state index in [1.807, 2.05) is 11.7 Å². The smallest absolute Gasteiger partial charge is 0.110 e. The van der Waals surface area contributed by atoms with E-state index in [0.717, 1.165) is 6.54 Å². The van der Waals surface area contributed by atoms with Gasteiger partial charge in [0.2, 0.25) is 0 Å². The molecule has 2 aromatic heterocycles. The molecule has 0 bridgehead atoms. The third-order valence-corrected chi connectivity index (χ3v) is 4.71. The van der Waals surface area contributed by atoms with Crippen molar-refractivity contribution in [1.29, 1.82) is 0 Å². The lowest BCUT2D eigenvalue weighted by atomic mass is 10.0. The first-order valence-electron chi connectivity index (χ1n) is 5.94. The SMILES string of the molecule is c1csc([C@@H]2CCCCN2Cc2cscn2)n1. The second kappa shape index (κ2) is 5.25. The van der Waals surface area contributed by atoms with Crippen LogP contribution in [0.4, 0.5) is 0 Å². The molecule has 0 saturated carbocycles. The average Bonchev–Trinajstić information content (AvgIpc) is 3.01. The number of piperidine rings is 1. The maximum Gasteiger partial charge on any atom is 0.110 e. The van der Waals surface area contributed by atoms with Crippen molar-refractivity contribution in [3.8, 4) is 0 Å². The molecule has 0 aliphatic carbocycles. The maximum atomic E-state index is 4.48. The molecule has 0 spiro atoms. The van der Waals surface area contributed by atoms with Crippen LogP contribution in [0.2, 0.25) is 0 Å². The monoisotopic (exact) mass is 265 g/mol. The van der Waals surface area contributed by atoms with Crippen LogP contribution >= 0.6 is 22.7 Å². The van der Waals surface area contributed by atoms with Crippen LogP contribution in [-0.4, -0.2) is 21.4 Å². The molecule has 3 rings (SSSR count). The molecule has 0 N–H and O–H groups in total. The summed E-state index contributed by atoms with van der Waals surface area (Å²) in [6.45, 7) is 2.13. The lowest BCUT2D eigenvalue weighted by Gasteiger charge is -2.33. The summed E-state index contributed by atoms with van der Waals surface area (Å²) in [7, 11) is 0. The zero-order chi connectivity index (χ0) is 11.5. The minimum atomic E-state index is 0.505. The van der Waals surface area contributed by atoms with Gasteiger partial charge in [-0.2, -0.15) is 0 Å². The van der Waals surface area contributed by atoms with Gasteiger partial charge in [0.05, 0.1) is 17.2 Å². The summed E-state index contributed by atoms with van der Waals surface area (Å²) >= 11 is 3.45. The molecule has 3 heterocycles. The van der Waals surface area contributed by atoms with E-state index in [-0.39, 0.29) is 0 Å². The first-order valence-corrected chi connectivity index (χ1v) is 7.76. The molecule has 2 aromatic rings. The van der Waals surface area contributed by atoms with E-state index in [1.54, 1.807) is 22.7 Å². The maximum absolute atomic E-state index is 4.48. The third-order valence-electron chi connectivity index (χ3n) is 3.20. The van der Waals surface area contributed by atoms with Gasteiger partial charge < -0.3 is 0 Å². The molecular weight excluding hydrogens is 250 g/mol. The highest BCUT2D eigenvalue weighted by Gasteiger charge is 2.25. The zero-order valence-electron chi connectivity index (χ0n) is 9.58. The first kappa shape index (κ1) is 11.3. The number of aromatic nitrogens is 2. The van der Waals surface area contributed by atoms with Crippen LogP contribution < -0.4 is 0 Å². The lowest BCUT2D eigenvalue weighted by Crippen LogP contribution is -2.32. The Kier molecular flexibility index (Phi) is 3.49. The van der Waals surface area contributed by atoms with Crippen molar-refractivity contribution in [2.45, 2.75) is 31.8 Å². The zero-order valence-corrected chi connectivity index (χ0v) is 11.2. The third kappa shape index (κ3) is 2.56. The lowest BCUT2D eigenvalue weighted by molar-refractivity contribution is 0.139. The normalized spacial score (nSPS) is 21.8. The molecule has 3 nitrogen and oxygen atoms in total. The molecule has 1 fully saturated rings. The molecule has 0 radical (unpaired) electrons. The highest BCUT2D eigenvalue weighted by Crippen LogP contribution is 2.32. The topological polar surface area (TPSA) is 29.0 Å². The highest BCUT2D eigenvalue weighted by molar-refractivity contribution is 7.09. The predicted molar refractivity (Wildman–Crippen MR) is 71.2 cm³/mol. The number of thiazole rings is 2. The summed E-state index contributed by atoms with van der Waals surface area (Å²) in [6, 6.07) is 0.505. The van der Waals surface area contributed by atoms with Gasteiger partial charge in [-0.1, -0.05) is 6.42 Å². The molecule has 0 unspecified atom stereocenters. The van der Waals surface area contributed by atoms with Gasteiger partial charge in [0.25, 0.3) is 0 Å². The molecule has 0 amide bonds. The molecule has 5 heteroatoms. The van der Waals surface area contributed by atoms with E-state index >= 15 is 0 Å². The van der Waals surface area contributed by atoms with E-state index in [9.17, 15) is 0 Å². The van der Waals surface area contributed by atoms with Gasteiger partial charge >= 0.3 is 0 Å². The van der Waals surface area contributed by atoms with Gasteiger partial charge in [-0.05, 0) is 19.4 Å². The Morgan fingerprint density at radius 2 is 2.35 bits per heavy atom. The molecule has 1 atom stereocenters. The average molecular weight is 265 g/mol. The van der Waals surface area contributed by atoms with Crippen molar-refractivity contribution >= 4 is 22.7 Å². The summed E-state index contributed by atoms with van der Waals surface area (Å²) < 4.78 is 0. The van der Waals surface area contributed by atoms with Gasteiger partial charge in [-0.3, -0.25) is 4.90 Å². The Morgan fingerprint density at radius 1 is 1.35 bits per heavy atom. The molecule has 90 valence electrons. The fourth-order valence-electron chi connectivity index (χ4n) is 2.38. The number of hydrogen-bond acceptors (Lipinski definition) is 5. The Morgan fingerprint density at radius 3 is 3.12 bits per heavy atom. The summed E-state index contributed by atoms with van der Waals surface area (Å²) in [5.74, 6) is 0. The highest BCUT2D eigenvalue weighted by atomic mass is 32.1. The molecule has 0 aromatic carbocycles. The van der Waals surface area contributed by atoms with Crippen molar-refractivity contribution in [1.82, 2.24) is 14.9 Å². The number of hydrogen-bond donors (Lipinski definition) is 0. The largest absolute Gasteiger partial charge is 0.288 e. The molecular formula is C12H15N3S2. The second-order valence-corrected chi connectivity index (χ2v) is 5.98. The Bertz CT molecular complexity index is 438. The first-order chi connectivity index (χ1) is 8.43. The Labute approximate surface area is 109 Å². The van der Waals surface area contributed by atoms with Crippen LogP contribution in [-0.2, 0) is 6.54 Å². The van der Waals surface area contributed by atoms with Crippen LogP contribution in [0.3, 0.4) is 0 Å². The van der Waals surface area contributed by atoms with Gasteiger partial charge in [0.15, 0.2) is 0 Å². The quantitative estimate of drug-likeness (QED) is 0.852. The number of nitrogens with zero attached hydrogens (tertiary/aromatic N) is 3. The van der Waals surface area contributed by atoms with Crippen molar-refractivity contribution in [2.75, 3.05) is 6.54 Å². The van der Waals surface area contributed by atoms with Crippen LogP contribution in [0, 0.1) is 0 Å². The van der Waals surface area contributed by atoms with Crippen LogP contribution in [0.25, 0.3) is 0 Å². The molecule has 1 aliphatic rings. The van der Waals surface area contributed by atoms with E-state index in [4.69, 9.17) is 0 Å². The minimum absolute atomic E-state index is 0.505. The number of rotatable bonds is 3. The van der Waals surface area contributed by atoms with Gasteiger partial charge in [0.1, 0.15) is 5.01 Å². The summed E-state index contributed by atoms with van der Waals surface area (Å²) in [6.07, 6.45) is 5.76. The fourth-order valence-corrected chi connectivity index (χ4v) is 3.74. The van der Waals surface area contributed by atoms with E-state index < -0.39 is 0 Å². The van der Waals surface area contributed by atoms with Crippen molar-refractivity contribution < 1.29 is 0 Å². The number of likely N-dealkylation sites (tertiary alicyclic amines) is 1. The molecule has 1 aliphatic heterocycles. The van der Waals surface area contributed by atoms with Crippen LogP contribution in [0.15, 0.2) is 22.5 Å². The predicted octanol–water partition coefficient (Wildman–Crippen LogP) is 3.33. The van der Waals surface area contributed by atoms with E-state index in [1.165, 1.54) is 36.5 Å². The van der Waals surface area contributed by atoms with Crippen molar-refractivity contribution in [3.05, 3.63) is 33.2 Å². The van der Waals surface area contributed by atoms with Crippen molar-refractivity contribution in [3.63, 3.8) is 0 Å². The summed E-state index contributed by atoms with van der Waals surface area (Å²) in [5.41, 5.74) is 3.11. The second-order valence-electron chi connectivity index (χ2n) is 4.33. The standard InChI is InChI=1S/C12H15N3S2/c1-2-5-15(7-10-8-16-9-14-10)11(3-1)12-13-4-6-17-12/h4,6,8-9,11H,1-3,5,7H2/t11-/m0/s1. The minimum Gasteiger partial charge on any atom is -0.288 e. The van der Waals surface area contributed by atoms with Crippen LogP contribution in [0.1, 0.15) is 36.0 Å². The van der Waals surface area contributed by atoms with Crippen LogP contribution in [0.5, 0.6) is 0 Å². The van der Waals surface area contributed by atoms with E-state index in [2.05, 4.69) is 25.6 Å². The Hall–Kier alpha value is -0.780. The van der Waals surface area contributed by atoms with E-state index in [0.29, 0.717) is 6.04 Å². The summed E-state index contributed by atoms with van der Waals surface area (Å²) in [5, 5.41) is 5.48. The van der Waals surface area contributed by atoms with Crippen molar-refractivity contribution in [2.24, 2.45) is 0 Å². The van der Waals surface area contributed by atoms with Gasteiger partial charge in [-0.15, -0.1) is 22.7 Å². The fraction of sp³-hybridized carbons (Fsp3) is 0.500. The molecule has 1 saturated heterocycles.